The van der Waals surface area contributed by atoms with Crippen molar-refractivity contribution in [2.24, 2.45) is 47.2 Å². The first-order valence-corrected chi connectivity index (χ1v) is 34.2. The number of methoxy groups -OCH3 is 3. The number of primary amides is 1. The summed E-state index contributed by atoms with van der Waals surface area (Å²) in [6.45, 7) is 19.0. The molecular formula is C70H114N10O18. The number of carbonyl (C=O) groups is 10. The van der Waals surface area contributed by atoms with Gasteiger partial charge in [-0.15, -0.1) is 0 Å². The van der Waals surface area contributed by atoms with Gasteiger partial charge in [-0.25, -0.2) is 14.4 Å². The molecule has 2 aromatic carbocycles. The molecule has 0 aliphatic heterocycles. The molecule has 1 saturated carbocycles. The number of amides is 10. The molecule has 98 heavy (non-hydrogen) atoms. The number of ketones is 1. The largest absolute Gasteiger partial charge is 0.445 e. The minimum absolute atomic E-state index is 0.0239. The molecule has 0 radical (unpaired) electrons. The van der Waals surface area contributed by atoms with E-state index in [2.05, 4.69) is 37.2 Å². The van der Waals surface area contributed by atoms with Gasteiger partial charge in [0.1, 0.15) is 43.2 Å². The van der Waals surface area contributed by atoms with Crippen molar-refractivity contribution in [3.63, 3.8) is 0 Å². The number of hydrogen-bond donors (Lipinski definition) is 10. The lowest BCUT2D eigenvalue weighted by Gasteiger charge is -2.40. The summed E-state index contributed by atoms with van der Waals surface area (Å²) in [5, 5.41) is 39.3. The number of likely N-dealkylation sites (N-methyl/N-ethyl adjacent to an activating group) is 2. The van der Waals surface area contributed by atoms with E-state index in [1.807, 2.05) is 39.0 Å². The van der Waals surface area contributed by atoms with E-state index in [-0.39, 0.29) is 82.1 Å². The Kier molecular flexibility index (Phi) is 37.3. The number of carbonyl (C=O) groups excluding carboxylic acids is 10. The lowest BCUT2D eigenvalue weighted by molar-refractivity contribution is -0.181. The van der Waals surface area contributed by atoms with Crippen molar-refractivity contribution in [3.05, 3.63) is 65.7 Å². The van der Waals surface area contributed by atoms with E-state index in [4.69, 9.17) is 34.2 Å². The van der Waals surface area contributed by atoms with Crippen LogP contribution in [0.25, 0.3) is 0 Å². The van der Waals surface area contributed by atoms with Crippen molar-refractivity contribution >= 4 is 65.1 Å². The number of hydrogen-bond acceptors (Lipinski definition) is 18. The molecule has 3 rings (SSSR count). The molecule has 11 N–H and O–H groups in total. The van der Waals surface area contributed by atoms with Gasteiger partial charge >= 0.3 is 18.2 Å². The summed E-state index contributed by atoms with van der Waals surface area (Å²) in [7, 11) is 7.48. The van der Waals surface area contributed by atoms with Crippen molar-refractivity contribution in [2.45, 2.75) is 208 Å². The van der Waals surface area contributed by atoms with Gasteiger partial charge in [0.05, 0.1) is 49.0 Å². The molecule has 28 heteroatoms. The zero-order valence-electron chi connectivity index (χ0n) is 60.4. The van der Waals surface area contributed by atoms with Crippen LogP contribution in [-0.4, -0.2) is 202 Å². The van der Waals surface area contributed by atoms with E-state index < -0.39 is 144 Å². The average molecular weight is 1380 g/mol. The average Bonchev–Trinajstić information content (AvgIpc) is 1.40. The number of urea groups is 1. The van der Waals surface area contributed by atoms with E-state index >= 15 is 0 Å². The number of nitrogens with one attached hydrogen (secondary N) is 7. The zero-order chi connectivity index (χ0) is 73.5. The monoisotopic (exact) mass is 1380 g/mol. The predicted octanol–water partition coefficient (Wildman–Crippen LogP) is 5.46. The van der Waals surface area contributed by atoms with Gasteiger partial charge in [0.2, 0.25) is 35.4 Å². The van der Waals surface area contributed by atoms with Crippen LogP contribution in [0.15, 0.2) is 54.6 Å². The number of benzene rings is 2. The van der Waals surface area contributed by atoms with Crippen molar-refractivity contribution in [1.29, 1.82) is 0 Å². The van der Waals surface area contributed by atoms with Crippen molar-refractivity contribution < 1.29 is 86.6 Å². The predicted molar refractivity (Wildman–Crippen MR) is 367 cm³/mol. The van der Waals surface area contributed by atoms with Gasteiger partial charge in [-0.2, -0.15) is 0 Å². The molecule has 15 atom stereocenters. The molecule has 1 aliphatic carbocycles. The fourth-order valence-electron chi connectivity index (χ4n) is 12.3. The standard InChI is InChI=1S/C70H114N10O18/c1-17-43(9)60(54(93-14)36-53(82)50-26-22-27-51(50)62(95-16)44(10)63(85)74-45(11)61(84)47-24-20-19-21-25-47)79(12)67(89)58(41(5)6)78-66(88)59(42(7)8)80(13)70(92)97-38-46-29-31-48(32-30-46)75-64(86)52(28-23-34-72-68(71)90)76-65(87)57(40(3)4)77-55(83)33-35-73-69(91)96-39-56(94-15)98-49(18-2)37-81/h19-21,24-25,29-32,40-45,49-52,54,56-62,81,84H,17-18,22-23,26-28,33-39H2,1-16H3,(H,73,91)(H,74,85)(H,75,86)(H,76,87)(H,77,83)(H,78,88)(H3,71,72,90)/t43-,44+,45+,49?,50?,51+,52+,54+,56?,57+,58-,59-,60-,61+,62+/m0/s1. The maximum absolute atomic E-state index is 14.8. The smallest absolute Gasteiger partial charge is 0.410 e. The molecule has 0 spiro atoms. The topological polar surface area (TPSA) is 383 Å². The number of Topliss-reactive ketones (excluding diaryl/α,β-unsaturated/α-hetero) is 1. The highest BCUT2D eigenvalue weighted by Gasteiger charge is 2.45. The minimum Gasteiger partial charge on any atom is -0.445 e. The fraction of sp³-hybridized carbons (Fsp3) is 0.686. The third kappa shape index (κ3) is 26.6. The van der Waals surface area contributed by atoms with Gasteiger partial charge in [-0.05, 0) is 91.9 Å². The normalized spacial score (nSPS) is 17.8. The molecule has 10 amide bonds. The molecule has 552 valence electrons. The third-order valence-electron chi connectivity index (χ3n) is 18.2. The molecule has 28 nitrogen and oxygen atoms in total. The van der Waals surface area contributed by atoms with Crippen LogP contribution in [-0.2, 0) is 68.6 Å². The lowest BCUT2D eigenvalue weighted by atomic mass is 9.79. The summed E-state index contributed by atoms with van der Waals surface area (Å²) in [5.41, 5.74) is 6.74. The second-order valence-electron chi connectivity index (χ2n) is 26.5. The number of aliphatic hydroxyl groups excluding tert-OH is 2. The number of alkyl carbamates (subject to hydrolysis) is 1. The van der Waals surface area contributed by atoms with Gasteiger partial charge in [0.15, 0.2) is 6.29 Å². The molecular weight excluding hydrogens is 1270 g/mol. The minimum atomic E-state index is -1.16. The second-order valence-corrected chi connectivity index (χ2v) is 26.5. The van der Waals surface area contributed by atoms with Gasteiger partial charge < -0.3 is 86.5 Å². The molecule has 1 fully saturated rings. The summed E-state index contributed by atoms with van der Waals surface area (Å²) in [4.78, 5) is 138. The summed E-state index contributed by atoms with van der Waals surface area (Å²) >= 11 is 0. The van der Waals surface area contributed by atoms with Crippen molar-refractivity contribution in [2.75, 3.05) is 67.0 Å². The number of rotatable bonds is 43. The van der Waals surface area contributed by atoms with Gasteiger partial charge in [0, 0.05) is 73.0 Å². The lowest BCUT2D eigenvalue weighted by Crippen LogP contribution is -2.60. The third-order valence-corrected chi connectivity index (χ3v) is 18.2. The number of anilines is 1. The Morgan fingerprint density at radius 1 is 0.684 bits per heavy atom. The Labute approximate surface area is 578 Å². The molecule has 2 aromatic rings. The number of aliphatic hydroxyl groups is 2. The van der Waals surface area contributed by atoms with Gasteiger partial charge in [-0.3, -0.25) is 38.5 Å². The van der Waals surface area contributed by atoms with Crippen LogP contribution in [0.1, 0.15) is 151 Å². The van der Waals surface area contributed by atoms with Crippen LogP contribution < -0.4 is 43.0 Å². The maximum Gasteiger partial charge on any atom is 0.410 e. The SMILES string of the molecule is CCC(CO)OC(COC(=O)NCCC(=O)N[C@@H](C(=O)N[C@H](CCCNC(N)=O)C(=O)Nc1ccc(COC(=O)N(C)[C@H](C(=O)N[C@H](C(=O)N(C)[C@@H]([C@@H](C)CC)[C@@H](CC(=O)C2CCC[C@H]2[C@H](OC)[C@@H](C)C(=O)N[C@H](C)[C@@H](O)c2ccccc2)OC)C(C)C)C(C)C)cc1)C(C)C)OC. The van der Waals surface area contributed by atoms with Crippen molar-refractivity contribution in [1.82, 2.24) is 41.7 Å². The quantitative estimate of drug-likeness (QED) is 0.0291. The van der Waals surface area contributed by atoms with Crippen LogP contribution in [0, 0.1) is 41.4 Å². The van der Waals surface area contributed by atoms with E-state index in [1.54, 1.807) is 104 Å². The zero-order valence-corrected chi connectivity index (χ0v) is 60.4. The summed E-state index contributed by atoms with van der Waals surface area (Å²) in [6, 6.07) is 8.99. The van der Waals surface area contributed by atoms with Gasteiger partial charge in [0.25, 0.3) is 0 Å². The Bertz CT molecular complexity index is 2830. The van der Waals surface area contributed by atoms with Gasteiger partial charge in [-0.1, -0.05) is 125 Å². The maximum atomic E-state index is 14.8. The molecule has 3 unspecified atom stereocenters. The number of ether oxygens (including phenoxy) is 6. The van der Waals surface area contributed by atoms with E-state index in [9.17, 15) is 58.2 Å². The number of nitrogens with two attached hydrogens (primary N) is 1. The van der Waals surface area contributed by atoms with Crippen molar-refractivity contribution in [3.8, 4) is 0 Å². The fourth-order valence-corrected chi connectivity index (χ4v) is 12.3. The van der Waals surface area contributed by atoms with Crippen LogP contribution in [0.3, 0.4) is 0 Å². The molecule has 1 aliphatic rings. The Morgan fingerprint density at radius 2 is 1.34 bits per heavy atom. The van der Waals surface area contributed by atoms with E-state index in [1.165, 1.54) is 33.3 Å². The second kappa shape index (κ2) is 43.1. The highest BCUT2D eigenvalue weighted by molar-refractivity contribution is 5.98. The first kappa shape index (κ1) is 84.7. The van der Waals surface area contributed by atoms with E-state index in [0.29, 0.717) is 42.5 Å². The van der Waals surface area contributed by atoms with Crippen LogP contribution >= 0.6 is 0 Å². The molecule has 0 heterocycles. The first-order valence-electron chi connectivity index (χ1n) is 34.2. The summed E-state index contributed by atoms with van der Waals surface area (Å²) in [6.07, 6.45) is -2.27. The van der Waals surface area contributed by atoms with Crippen LogP contribution in [0.4, 0.5) is 20.1 Å². The highest BCUT2D eigenvalue weighted by atomic mass is 16.7. The summed E-state index contributed by atoms with van der Waals surface area (Å²) < 4.78 is 33.6. The van der Waals surface area contributed by atoms with E-state index in [0.717, 1.165) is 6.42 Å². The molecule has 0 aromatic heterocycles. The Hall–Kier alpha value is -7.50. The highest BCUT2D eigenvalue weighted by Crippen LogP contribution is 2.40. The van der Waals surface area contributed by atoms with Crippen LogP contribution in [0.5, 0.6) is 0 Å². The first-order chi connectivity index (χ1) is 46.4. The Balaban J connectivity index is 1.67. The van der Waals surface area contributed by atoms with Crippen LogP contribution in [0.2, 0.25) is 0 Å². The molecule has 0 bridgehead atoms. The number of nitrogens with zero attached hydrogens (tertiary/aromatic N) is 2. The molecule has 0 saturated heterocycles. The Morgan fingerprint density at radius 3 is 1.90 bits per heavy atom. The summed E-state index contributed by atoms with van der Waals surface area (Å²) in [5.74, 6) is -6.14.